The third-order valence-electron chi connectivity index (χ3n) is 3.91. The molecule has 21 heavy (non-hydrogen) atoms. The van der Waals surface area contributed by atoms with Crippen LogP contribution in [0.2, 0.25) is 0 Å². The molecule has 4 rings (SSSR count). The van der Waals surface area contributed by atoms with Crippen molar-refractivity contribution < 1.29 is 4.79 Å². The van der Waals surface area contributed by atoms with Gasteiger partial charge in [0.2, 0.25) is 0 Å². The van der Waals surface area contributed by atoms with E-state index in [4.69, 9.17) is 5.73 Å². The van der Waals surface area contributed by atoms with Crippen LogP contribution in [0, 0.1) is 0 Å². The first kappa shape index (κ1) is 12.0. The van der Waals surface area contributed by atoms with Gasteiger partial charge in [-0.25, -0.2) is 4.52 Å². The van der Waals surface area contributed by atoms with E-state index in [-0.39, 0.29) is 5.91 Å². The van der Waals surface area contributed by atoms with E-state index in [1.165, 1.54) is 0 Å². The summed E-state index contributed by atoms with van der Waals surface area (Å²) in [5.74, 6) is -0.0273. The van der Waals surface area contributed by atoms with Gasteiger partial charge in [0.1, 0.15) is 0 Å². The van der Waals surface area contributed by atoms with Crippen molar-refractivity contribution in [2.24, 2.45) is 0 Å². The summed E-state index contributed by atoms with van der Waals surface area (Å²) in [5, 5.41) is 4.23. The molecule has 0 bridgehead atoms. The molecule has 1 amide bonds. The lowest BCUT2D eigenvalue weighted by Crippen LogP contribution is -2.28. The normalized spacial score (nSPS) is 13.6. The lowest BCUT2D eigenvalue weighted by Gasteiger charge is -2.17. The average Bonchev–Trinajstić information content (AvgIpc) is 3.10. The van der Waals surface area contributed by atoms with Gasteiger partial charge in [-0.15, -0.1) is 0 Å². The highest BCUT2D eigenvalue weighted by Gasteiger charge is 2.27. The number of anilines is 2. The Labute approximate surface area is 121 Å². The van der Waals surface area contributed by atoms with Crippen molar-refractivity contribution >= 4 is 22.8 Å². The number of carbonyl (C=O) groups is 1. The van der Waals surface area contributed by atoms with E-state index in [1.54, 1.807) is 15.6 Å². The van der Waals surface area contributed by atoms with Gasteiger partial charge in [0.15, 0.2) is 0 Å². The fourth-order valence-corrected chi connectivity index (χ4v) is 2.85. The fraction of sp³-hybridized carbons (Fsp3) is 0.125. The maximum Gasteiger partial charge on any atom is 0.262 e. The highest BCUT2D eigenvalue weighted by atomic mass is 16.2. The first-order valence-electron chi connectivity index (χ1n) is 6.87. The predicted octanol–water partition coefficient (Wildman–Crippen LogP) is 2.12. The molecule has 2 aromatic heterocycles. The topological polar surface area (TPSA) is 63.6 Å². The van der Waals surface area contributed by atoms with Gasteiger partial charge in [0.05, 0.1) is 17.3 Å². The van der Waals surface area contributed by atoms with Crippen LogP contribution in [-0.4, -0.2) is 22.1 Å². The van der Waals surface area contributed by atoms with Crippen LogP contribution in [0.3, 0.4) is 0 Å². The highest BCUT2D eigenvalue weighted by Crippen LogP contribution is 2.31. The number of benzene rings is 1. The van der Waals surface area contributed by atoms with Crippen molar-refractivity contribution in [1.29, 1.82) is 0 Å². The molecule has 1 aliphatic heterocycles. The summed E-state index contributed by atoms with van der Waals surface area (Å²) in [7, 11) is 0. The van der Waals surface area contributed by atoms with Gasteiger partial charge in [-0.2, -0.15) is 5.10 Å². The molecule has 2 N–H and O–H groups in total. The molecule has 5 heteroatoms. The van der Waals surface area contributed by atoms with Crippen LogP contribution in [0.5, 0.6) is 0 Å². The van der Waals surface area contributed by atoms with Gasteiger partial charge < -0.3 is 10.6 Å². The molecule has 0 fully saturated rings. The first-order valence-corrected chi connectivity index (χ1v) is 6.87. The molecule has 0 atom stereocenters. The molecule has 0 saturated heterocycles. The monoisotopic (exact) mass is 278 g/mol. The average molecular weight is 278 g/mol. The van der Waals surface area contributed by atoms with Gasteiger partial charge in [0.25, 0.3) is 5.91 Å². The van der Waals surface area contributed by atoms with Gasteiger partial charge in [-0.05, 0) is 36.2 Å². The number of pyridine rings is 1. The molecule has 0 radical (unpaired) electrons. The Balaban J connectivity index is 1.79. The SMILES string of the molecule is Nc1ccc2c(c1)N(C(=O)c1cnn3ccccc13)CC2. The molecule has 3 heterocycles. The Bertz CT molecular complexity index is 852. The summed E-state index contributed by atoms with van der Waals surface area (Å²) < 4.78 is 1.71. The third kappa shape index (κ3) is 1.78. The summed E-state index contributed by atoms with van der Waals surface area (Å²) in [6, 6.07) is 11.4. The number of aromatic nitrogens is 2. The van der Waals surface area contributed by atoms with Crippen molar-refractivity contribution in [3.63, 3.8) is 0 Å². The smallest absolute Gasteiger partial charge is 0.262 e. The molecule has 0 unspecified atom stereocenters. The first-order chi connectivity index (χ1) is 10.2. The number of carbonyl (C=O) groups excluding carboxylic acids is 1. The van der Waals surface area contributed by atoms with Gasteiger partial charge in [-0.1, -0.05) is 12.1 Å². The quantitative estimate of drug-likeness (QED) is 0.693. The minimum atomic E-state index is -0.0273. The standard InChI is InChI=1S/C16H14N4O/c17-12-5-4-11-6-8-19(15(11)9-12)16(21)13-10-18-20-7-2-1-3-14(13)20/h1-5,7,9-10H,6,8,17H2. The lowest BCUT2D eigenvalue weighted by atomic mass is 10.1. The van der Waals surface area contributed by atoms with Crippen molar-refractivity contribution in [2.45, 2.75) is 6.42 Å². The summed E-state index contributed by atoms with van der Waals surface area (Å²) in [4.78, 5) is 14.6. The van der Waals surface area contributed by atoms with Crippen LogP contribution < -0.4 is 10.6 Å². The predicted molar refractivity (Wildman–Crippen MR) is 81.4 cm³/mol. The fourth-order valence-electron chi connectivity index (χ4n) is 2.85. The molecular formula is C16H14N4O. The summed E-state index contributed by atoms with van der Waals surface area (Å²) in [6.07, 6.45) is 4.32. The molecule has 3 aromatic rings. The maximum atomic E-state index is 12.8. The van der Waals surface area contributed by atoms with Crippen molar-refractivity contribution in [3.05, 3.63) is 59.9 Å². The van der Waals surface area contributed by atoms with Crippen molar-refractivity contribution in [3.8, 4) is 0 Å². The van der Waals surface area contributed by atoms with E-state index in [1.807, 2.05) is 42.6 Å². The van der Waals surface area contributed by atoms with Crippen LogP contribution in [0.1, 0.15) is 15.9 Å². The van der Waals surface area contributed by atoms with E-state index in [0.29, 0.717) is 17.8 Å². The maximum absolute atomic E-state index is 12.8. The van der Waals surface area contributed by atoms with Crippen molar-refractivity contribution in [2.75, 3.05) is 17.2 Å². The minimum Gasteiger partial charge on any atom is -0.399 e. The molecular weight excluding hydrogens is 264 g/mol. The number of nitrogen functional groups attached to an aromatic ring is 1. The van der Waals surface area contributed by atoms with Crippen LogP contribution in [0.4, 0.5) is 11.4 Å². The third-order valence-corrected chi connectivity index (χ3v) is 3.91. The molecule has 104 valence electrons. The van der Waals surface area contributed by atoms with Gasteiger partial charge >= 0.3 is 0 Å². The summed E-state index contributed by atoms with van der Waals surface area (Å²) in [5.41, 5.74) is 10.0. The Morgan fingerprint density at radius 1 is 1.24 bits per heavy atom. The summed E-state index contributed by atoms with van der Waals surface area (Å²) >= 11 is 0. The Kier molecular flexibility index (Phi) is 2.47. The number of hydrogen-bond donors (Lipinski definition) is 1. The second-order valence-electron chi connectivity index (χ2n) is 5.18. The number of rotatable bonds is 1. The van der Waals surface area contributed by atoms with E-state index in [9.17, 15) is 4.79 Å². The largest absolute Gasteiger partial charge is 0.399 e. The number of nitrogens with zero attached hydrogens (tertiary/aromatic N) is 3. The second-order valence-corrected chi connectivity index (χ2v) is 5.18. The van der Waals surface area contributed by atoms with E-state index in [0.717, 1.165) is 23.2 Å². The second kappa shape index (κ2) is 4.34. The lowest BCUT2D eigenvalue weighted by molar-refractivity contribution is 0.0991. The zero-order chi connectivity index (χ0) is 14.4. The van der Waals surface area contributed by atoms with Crippen LogP contribution in [0.15, 0.2) is 48.8 Å². The van der Waals surface area contributed by atoms with Crippen molar-refractivity contribution in [1.82, 2.24) is 9.61 Å². The van der Waals surface area contributed by atoms with E-state index >= 15 is 0 Å². The zero-order valence-corrected chi connectivity index (χ0v) is 11.4. The zero-order valence-electron chi connectivity index (χ0n) is 11.4. The Morgan fingerprint density at radius 3 is 3.05 bits per heavy atom. The Morgan fingerprint density at radius 2 is 2.14 bits per heavy atom. The molecule has 1 aromatic carbocycles. The van der Waals surface area contributed by atoms with Crippen LogP contribution >= 0.6 is 0 Å². The molecule has 0 saturated carbocycles. The van der Waals surface area contributed by atoms with Crippen LogP contribution in [-0.2, 0) is 6.42 Å². The van der Waals surface area contributed by atoms with E-state index in [2.05, 4.69) is 5.10 Å². The molecule has 1 aliphatic rings. The number of nitrogens with two attached hydrogens (primary N) is 1. The highest BCUT2D eigenvalue weighted by molar-refractivity contribution is 6.11. The van der Waals surface area contributed by atoms with E-state index < -0.39 is 0 Å². The Hall–Kier alpha value is -2.82. The molecule has 5 nitrogen and oxygen atoms in total. The number of hydrogen-bond acceptors (Lipinski definition) is 3. The minimum absolute atomic E-state index is 0.0273. The molecule has 0 spiro atoms. The van der Waals surface area contributed by atoms with Gasteiger partial charge in [-0.3, -0.25) is 4.79 Å². The van der Waals surface area contributed by atoms with Crippen LogP contribution in [0.25, 0.3) is 5.52 Å². The number of fused-ring (bicyclic) bond motifs is 2. The molecule has 0 aliphatic carbocycles. The summed E-state index contributed by atoms with van der Waals surface area (Å²) in [6.45, 7) is 0.682. The number of amides is 1. The van der Waals surface area contributed by atoms with Gasteiger partial charge in [0, 0.05) is 24.1 Å².